The normalized spacial score (nSPS) is 19.4. The molecule has 4 N–H and O–H groups in total. The summed E-state index contributed by atoms with van der Waals surface area (Å²) in [6.07, 6.45) is 12.1. The van der Waals surface area contributed by atoms with Crippen molar-refractivity contribution in [1.29, 1.82) is 0 Å². The minimum Gasteiger partial charge on any atom is -0.317 e. The third-order valence-electron chi connectivity index (χ3n) is 5.25. The Morgan fingerprint density at radius 3 is 1.56 bits per heavy atom. The first-order chi connectivity index (χ1) is 12.4. The van der Waals surface area contributed by atoms with Gasteiger partial charge in [-0.2, -0.15) is 0 Å². The van der Waals surface area contributed by atoms with Gasteiger partial charge in [0.15, 0.2) is 0 Å². The van der Waals surface area contributed by atoms with E-state index >= 15 is 0 Å². The summed E-state index contributed by atoms with van der Waals surface area (Å²) >= 11 is 0. The fraction of sp³-hybridized carbons (Fsp3) is 1.00. The molecule has 1 aliphatic carbocycles. The average molecular weight is 355 g/mol. The van der Waals surface area contributed by atoms with Crippen molar-refractivity contribution in [3.63, 3.8) is 0 Å². The van der Waals surface area contributed by atoms with Gasteiger partial charge < -0.3 is 21.3 Å². The number of unbranched alkanes of at least 4 members (excludes halogenated alkanes) is 5. The second-order valence-electron chi connectivity index (χ2n) is 7.74. The van der Waals surface area contributed by atoms with Gasteiger partial charge in [-0.15, -0.1) is 0 Å². The topological polar surface area (TPSA) is 48.1 Å². The Morgan fingerprint density at radius 2 is 1.04 bits per heavy atom. The van der Waals surface area contributed by atoms with Gasteiger partial charge in [0.05, 0.1) is 0 Å². The van der Waals surface area contributed by atoms with E-state index in [1.807, 2.05) is 0 Å². The first-order valence-corrected chi connectivity index (χ1v) is 11.2. The molecule has 25 heavy (non-hydrogen) atoms. The van der Waals surface area contributed by atoms with Crippen molar-refractivity contribution < 1.29 is 0 Å². The number of nitrogens with one attached hydrogen (secondary N) is 4. The minimum atomic E-state index is 0.936. The van der Waals surface area contributed by atoms with Crippen molar-refractivity contribution in [2.45, 2.75) is 71.6 Å². The van der Waals surface area contributed by atoms with E-state index in [1.165, 1.54) is 104 Å². The van der Waals surface area contributed by atoms with Gasteiger partial charge >= 0.3 is 0 Å². The van der Waals surface area contributed by atoms with Crippen LogP contribution in [-0.2, 0) is 0 Å². The summed E-state index contributed by atoms with van der Waals surface area (Å²) in [4.78, 5) is 0. The Balaban J connectivity index is 1.71. The lowest BCUT2D eigenvalue weighted by Crippen LogP contribution is -2.24. The highest BCUT2D eigenvalue weighted by atomic mass is 14.9. The molecule has 1 saturated carbocycles. The van der Waals surface area contributed by atoms with Crippen LogP contribution in [0.2, 0.25) is 0 Å². The highest BCUT2D eigenvalue weighted by Crippen LogP contribution is 2.36. The molecule has 0 heterocycles. The van der Waals surface area contributed by atoms with Crippen LogP contribution >= 0.6 is 0 Å². The van der Waals surface area contributed by atoms with Crippen molar-refractivity contribution >= 4 is 0 Å². The maximum absolute atomic E-state index is 3.66. The number of hydrogen-bond donors (Lipinski definition) is 4. The van der Waals surface area contributed by atoms with Crippen LogP contribution in [0.25, 0.3) is 0 Å². The lowest BCUT2D eigenvalue weighted by atomic mass is 10.2. The second-order valence-corrected chi connectivity index (χ2v) is 7.74. The summed E-state index contributed by atoms with van der Waals surface area (Å²) in [6.45, 7) is 14.0. The molecule has 0 aromatic heterocycles. The van der Waals surface area contributed by atoms with Crippen LogP contribution < -0.4 is 21.3 Å². The standard InChI is InChI=1S/C21H46N4/c1-3-5-6-7-13-23-14-9-11-16-25-19-21-17-20(21)18-24-15-10-8-12-22-4-2/h20-25H,3-19H2,1-2H3. The predicted molar refractivity (Wildman–Crippen MR) is 111 cm³/mol. The zero-order valence-corrected chi connectivity index (χ0v) is 17.2. The summed E-state index contributed by atoms with van der Waals surface area (Å²) in [7, 11) is 0. The quantitative estimate of drug-likeness (QED) is 0.254. The summed E-state index contributed by atoms with van der Waals surface area (Å²) in [5, 5.41) is 14.2. The third-order valence-corrected chi connectivity index (χ3v) is 5.25. The molecule has 2 unspecified atom stereocenters. The van der Waals surface area contributed by atoms with E-state index in [2.05, 4.69) is 35.1 Å². The van der Waals surface area contributed by atoms with Gasteiger partial charge in [0.25, 0.3) is 0 Å². The van der Waals surface area contributed by atoms with Gasteiger partial charge in [-0.1, -0.05) is 33.1 Å². The molecule has 0 saturated heterocycles. The van der Waals surface area contributed by atoms with Crippen molar-refractivity contribution in [3.05, 3.63) is 0 Å². The van der Waals surface area contributed by atoms with Crippen molar-refractivity contribution in [3.8, 4) is 0 Å². The molecule has 0 aromatic carbocycles. The number of hydrogen-bond acceptors (Lipinski definition) is 4. The molecule has 0 aliphatic heterocycles. The maximum Gasteiger partial charge on any atom is -0.00173 e. The summed E-state index contributed by atoms with van der Waals surface area (Å²) in [5.74, 6) is 1.87. The monoisotopic (exact) mass is 354 g/mol. The van der Waals surface area contributed by atoms with Crippen molar-refractivity contribution in [2.75, 3.05) is 52.4 Å². The Hall–Kier alpha value is -0.160. The zero-order valence-electron chi connectivity index (χ0n) is 17.2. The molecule has 0 amide bonds. The van der Waals surface area contributed by atoms with E-state index in [4.69, 9.17) is 0 Å². The van der Waals surface area contributed by atoms with E-state index in [-0.39, 0.29) is 0 Å². The fourth-order valence-corrected chi connectivity index (χ4v) is 3.36. The van der Waals surface area contributed by atoms with Crippen LogP contribution in [0.3, 0.4) is 0 Å². The molecule has 4 heteroatoms. The van der Waals surface area contributed by atoms with E-state index in [0.29, 0.717) is 0 Å². The lowest BCUT2D eigenvalue weighted by Gasteiger charge is -2.07. The Kier molecular flexibility index (Phi) is 15.8. The Labute approximate surface area is 157 Å². The van der Waals surface area contributed by atoms with E-state index < -0.39 is 0 Å². The minimum absolute atomic E-state index is 0.936. The van der Waals surface area contributed by atoms with Gasteiger partial charge in [-0.3, -0.25) is 0 Å². The predicted octanol–water partition coefficient (Wildman–Crippen LogP) is 3.14. The largest absolute Gasteiger partial charge is 0.317 e. The maximum atomic E-state index is 3.66. The third kappa shape index (κ3) is 14.7. The molecule has 0 radical (unpaired) electrons. The van der Waals surface area contributed by atoms with Gasteiger partial charge in [-0.05, 0) is 103 Å². The van der Waals surface area contributed by atoms with Crippen LogP contribution in [0, 0.1) is 11.8 Å². The highest BCUT2D eigenvalue weighted by molar-refractivity contribution is 4.89. The molecular formula is C21H46N4. The van der Waals surface area contributed by atoms with Crippen LogP contribution in [0.5, 0.6) is 0 Å². The molecule has 0 aromatic rings. The molecule has 1 fully saturated rings. The van der Waals surface area contributed by atoms with E-state index in [9.17, 15) is 0 Å². The fourth-order valence-electron chi connectivity index (χ4n) is 3.36. The zero-order chi connectivity index (χ0) is 18.0. The van der Waals surface area contributed by atoms with E-state index in [1.54, 1.807) is 0 Å². The highest BCUT2D eigenvalue weighted by Gasteiger charge is 2.35. The molecular weight excluding hydrogens is 308 g/mol. The van der Waals surface area contributed by atoms with Gasteiger partial charge in [-0.25, -0.2) is 0 Å². The summed E-state index contributed by atoms with van der Waals surface area (Å²) in [6, 6.07) is 0. The van der Waals surface area contributed by atoms with Crippen molar-refractivity contribution in [1.82, 2.24) is 21.3 Å². The molecule has 1 aliphatic rings. The molecule has 2 atom stereocenters. The van der Waals surface area contributed by atoms with Crippen molar-refractivity contribution in [2.24, 2.45) is 11.8 Å². The van der Waals surface area contributed by atoms with Gasteiger partial charge in [0, 0.05) is 0 Å². The van der Waals surface area contributed by atoms with Crippen LogP contribution in [-0.4, -0.2) is 52.4 Å². The van der Waals surface area contributed by atoms with Crippen LogP contribution in [0.4, 0.5) is 0 Å². The smallest absolute Gasteiger partial charge is 0.00173 e. The average Bonchev–Trinajstić information content (AvgIpc) is 3.37. The van der Waals surface area contributed by atoms with Crippen LogP contribution in [0.15, 0.2) is 0 Å². The summed E-state index contributed by atoms with van der Waals surface area (Å²) in [5.41, 5.74) is 0. The molecule has 150 valence electrons. The molecule has 4 nitrogen and oxygen atoms in total. The molecule has 1 rings (SSSR count). The van der Waals surface area contributed by atoms with E-state index in [0.717, 1.165) is 18.4 Å². The second kappa shape index (κ2) is 17.3. The Morgan fingerprint density at radius 1 is 0.560 bits per heavy atom. The SMILES string of the molecule is CCCCCCNCCCCNCC1CC1CNCCCCNCC. The first-order valence-electron chi connectivity index (χ1n) is 11.2. The molecule has 0 spiro atoms. The molecule has 0 bridgehead atoms. The first kappa shape index (κ1) is 22.9. The summed E-state index contributed by atoms with van der Waals surface area (Å²) < 4.78 is 0. The number of rotatable bonds is 20. The van der Waals surface area contributed by atoms with Gasteiger partial charge in [0.2, 0.25) is 0 Å². The Bertz CT molecular complexity index is 273. The van der Waals surface area contributed by atoms with Crippen LogP contribution in [0.1, 0.15) is 71.6 Å². The van der Waals surface area contributed by atoms with Gasteiger partial charge in [0.1, 0.15) is 0 Å². The lowest BCUT2D eigenvalue weighted by molar-refractivity contribution is 0.526.